The molecule has 0 spiro atoms. The minimum atomic E-state index is -0.694. The van der Waals surface area contributed by atoms with Crippen LogP contribution in [-0.2, 0) is 19.1 Å². The van der Waals surface area contributed by atoms with Crippen molar-refractivity contribution in [1.29, 1.82) is 0 Å². The maximum absolute atomic E-state index is 11.4. The number of rotatable bonds is 6. The Balaban J connectivity index is 2.58. The molecule has 0 fully saturated rings. The molecule has 1 aromatic carbocycles. The highest BCUT2D eigenvalue weighted by molar-refractivity contribution is 5.94. The van der Waals surface area contributed by atoms with Crippen molar-refractivity contribution in [3.63, 3.8) is 0 Å². The van der Waals surface area contributed by atoms with Gasteiger partial charge in [0.1, 0.15) is 12.3 Å². The number of carbonyl (C=O) groups is 2. The van der Waals surface area contributed by atoms with Crippen molar-refractivity contribution >= 4 is 23.3 Å². The smallest absolute Gasteiger partial charge is 0.332 e. The summed E-state index contributed by atoms with van der Waals surface area (Å²) in [6.45, 7) is -0.799. The number of amides is 1. The number of carbonyl (C=O) groups excluding carboxylic acids is 2. The predicted octanol–water partition coefficient (Wildman–Crippen LogP) is 0.723. The van der Waals surface area contributed by atoms with Gasteiger partial charge in [-0.1, -0.05) is 12.1 Å². The van der Waals surface area contributed by atoms with Crippen LogP contribution in [0.1, 0.15) is 0 Å². The van der Waals surface area contributed by atoms with E-state index < -0.39 is 23.4 Å². The van der Waals surface area contributed by atoms with Crippen LogP contribution in [0.15, 0.2) is 24.3 Å². The van der Waals surface area contributed by atoms with Crippen molar-refractivity contribution in [2.75, 3.05) is 25.6 Å². The quantitative estimate of drug-likeness (QED) is 0.462. The zero-order valence-corrected chi connectivity index (χ0v) is 10.1. The number of nitrogens with zero attached hydrogens (tertiary/aromatic N) is 1. The highest BCUT2D eigenvalue weighted by Gasteiger charge is 2.15. The minimum Gasteiger partial charge on any atom is -0.454 e. The molecule has 102 valence electrons. The molecule has 1 N–H and O–H groups in total. The lowest BCUT2D eigenvalue weighted by Gasteiger charge is -2.06. The first-order chi connectivity index (χ1) is 9.04. The highest BCUT2D eigenvalue weighted by atomic mass is 16.6. The Morgan fingerprint density at radius 3 is 2.63 bits per heavy atom. The van der Waals surface area contributed by atoms with Gasteiger partial charge in [0.2, 0.25) is 0 Å². The van der Waals surface area contributed by atoms with Gasteiger partial charge in [-0.05, 0) is 6.07 Å². The van der Waals surface area contributed by atoms with Crippen LogP contribution in [0.5, 0.6) is 0 Å². The normalized spacial score (nSPS) is 9.74. The summed E-state index contributed by atoms with van der Waals surface area (Å²) in [7, 11) is 1.31. The molecule has 0 bridgehead atoms. The standard InChI is InChI=1S/C11H12N2O6/c1-18-7-11(15)19-6-10(14)12-8-4-2-3-5-9(8)13(16)17/h2-5H,6-7H2,1H3,(H,12,14). The van der Waals surface area contributed by atoms with Crippen LogP contribution in [0.4, 0.5) is 11.4 Å². The number of methoxy groups -OCH3 is 1. The van der Waals surface area contributed by atoms with Crippen LogP contribution in [0.2, 0.25) is 0 Å². The average molecular weight is 268 g/mol. The van der Waals surface area contributed by atoms with E-state index >= 15 is 0 Å². The Morgan fingerprint density at radius 2 is 2.00 bits per heavy atom. The molecule has 1 rings (SSSR count). The van der Waals surface area contributed by atoms with E-state index in [1.807, 2.05) is 0 Å². The van der Waals surface area contributed by atoms with Crippen LogP contribution in [0, 0.1) is 10.1 Å². The molecule has 1 aromatic rings. The van der Waals surface area contributed by atoms with Gasteiger partial charge in [-0.25, -0.2) is 4.79 Å². The summed E-state index contributed by atoms with van der Waals surface area (Å²) in [5.74, 6) is -1.36. The van der Waals surface area contributed by atoms with Crippen LogP contribution >= 0.6 is 0 Å². The fraction of sp³-hybridized carbons (Fsp3) is 0.273. The maximum atomic E-state index is 11.4. The second kappa shape index (κ2) is 7.07. The number of hydrogen-bond donors (Lipinski definition) is 1. The Kier molecular flexibility index (Phi) is 5.42. The first-order valence-corrected chi connectivity index (χ1v) is 5.22. The van der Waals surface area contributed by atoms with E-state index in [9.17, 15) is 19.7 Å². The number of anilines is 1. The maximum Gasteiger partial charge on any atom is 0.332 e. The van der Waals surface area contributed by atoms with Gasteiger partial charge in [0.25, 0.3) is 11.6 Å². The number of nitro benzene ring substituents is 1. The summed E-state index contributed by atoms with van der Waals surface area (Å²) >= 11 is 0. The van der Waals surface area contributed by atoms with Gasteiger partial charge in [0, 0.05) is 13.2 Å². The number of ether oxygens (including phenoxy) is 2. The zero-order chi connectivity index (χ0) is 14.3. The summed E-state index contributed by atoms with van der Waals surface area (Å²) in [5, 5.41) is 13.0. The molecule has 0 aliphatic rings. The SMILES string of the molecule is COCC(=O)OCC(=O)Nc1ccccc1[N+](=O)[O-]. The molecule has 0 atom stereocenters. The predicted molar refractivity (Wildman–Crippen MR) is 64.6 cm³/mol. The van der Waals surface area contributed by atoms with Gasteiger partial charge in [-0.3, -0.25) is 14.9 Å². The number of nitro groups is 1. The molecule has 0 unspecified atom stereocenters. The monoisotopic (exact) mass is 268 g/mol. The second-order valence-corrected chi connectivity index (χ2v) is 3.42. The highest BCUT2D eigenvalue weighted by Crippen LogP contribution is 2.22. The topological polar surface area (TPSA) is 108 Å². The van der Waals surface area contributed by atoms with Crippen LogP contribution in [0.25, 0.3) is 0 Å². The lowest BCUT2D eigenvalue weighted by atomic mass is 10.2. The number of nitrogens with one attached hydrogen (secondary N) is 1. The molecule has 0 saturated heterocycles. The Bertz CT molecular complexity index is 488. The van der Waals surface area contributed by atoms with E-state index in [0.717, 1.165) is 0 Å². The number of esters is 1. The average Bonchev–Trinajstić information content (AvgIpc) is 2.37. The summed E-state index contributed by atoms with van der Waals surface area (Å²) in [6, 6.07) is 5.66. The zero-order valence-electron chi connectivity index (χ0n) is 10.1. The third kappa shape index (κ3) is 4.72. The lowest BCUT2D eigenvalue weighted by molar-refractivity contribution is -0.383. The minimum absolute atomic E-state index is 0.0419. The fourth-order valence-electron chi connectivity index (χ4n) is 1.23. The molecule has 0 aromatic heterocycles. The Morgan fingerprint density at radius 1 is 1.32 bits per heavy atom. The van der Waals surface area contributed by atoms with E-state index in [1.165, 1.54) is 25.3 Å². The van der Waals surface area contributed by atoms with E-state index in [-0.39, 0.29) is 18.0 Å². The van der Waals surface area contributed by atoms with Crippen molar-refractivity contribution in [1.82, 2.24) is 0 Å². The van der Waals surface area contributed by atoms with E-state index in [2.05, 4.69) is 14.8 Å². The van der Waals surface area contributed by atoms with Crippen LogP contribution < -0.4 is 5.32 Å². The Labute approximate surface area is 108 Å². The first kappa shape index (κ1) is 14.6. The largest absolute Gasteiger partial charge is 0.454 e. The first-order valence-electron chi connectivity index (χ1n) is 5.22. The fourth-order valence-corrected chi connectivity index (χ4v) is 1.23. The molecule has 0 aliphatic carbocycles. The number of para-hydroxylation sites is 2. The van der Waals surface area contributed by atoms with Gasteiger partial charge in [-0.2, -0.15) is 0 Å². The molecule has 8 nitrogen and oxygen atoms in total. The van der Waals surface area contributed by atoms with Gasteiger partial charge < -0.3 is 14.8 Å². The van der Waals surface area contributed by atoms with Crippen molar-refractivity contribution in [3.05, 3.63) is 34.4 Å². The Hall–Kier alpha value is -2.48. The molecule has 0 heterocycles. The molecule has 1 amide bonds. The van der Waals surface area contributed by atoms with Crippen molar-refractivity contribution < 1.29 is 24.0 Å². The summed E-state index contributed by atoms with van der Waals surface area (Å²) in [6.07, 6.45) is 0. The summed E-state index contributed by atoms with van der Waals surface area (Å²) in [4.78, 5) is 32.5. The second-order valence-electron chi connectivity index (χ2n) is 3.42. The van der Waals surface area contributed by atoms with Crippen LogP contribution in [-0.4, -0.2) is 37.1 Å². The summed E-state index contributed by atoms with van der Waals surface area (Å²) < 4.78 is 9.08. The van der Waals surface area contributed by atoms with Gasteiger partial charge >= 0.3 is 5.97 Å². The van der Waals surface area contributed by atoms with Gasteiger partial charge in [0.15, 0.2) is 6.61 Å². The third-order valence-electron chi connectivity index (χ3n) is 2.00. The van der Waals surface area contributed by atoms with Crippen molar-refractivity contribution in [2.45, 2.75) is 0 Å². The van der Waals surface area contributed by atoms with Crippen LogP contribution in [0.3, 0.4) is 0 Å². The van der Waals surface area contributed by atoms with Crippen molar-refractivity contribution in [3.8, 4) is 0 Å². The lowest BCUT2D eigenvalue weighted by Crippen LogP contribution is -2.22. The molecule has 0 saturated carbocycles. The molecule has 0 aliphatic heterocycles. The number of hydrogen-bond acceptors (Lipinski definition) is 6. The van der Waals surface area contributed by atoms with E-state index in [4.69, 9.17) is 0 Å². The molecule has 0 radical (unpaired) electrons. The van der Waals surface area contributed by atoms with Gasteiger partial charge in [-0.15, -0.1) is 0 Å². The van der Waals surface area contributed by atoms with Crippen molar-refractivity contribution in [2.24, 2.45) is 0 Å². The molecule has 8 heteroatoms. The van der Waals surface area contributed by atoms with Gasteiger partial charge in [0.05, 0.1) is 4.92 Å². The third-order valence-corrected chi connectivity index (χ3v) is 2.00. The molecular weight excluding hydrogens is 256 g/mol. The van der Waals surface area contributed by atoms with E-state index in [1.54, 1.807) is 6.07 Å². The number of benzene rings is 1. The molecular formula is C11H12N2O6. The van der Waals surface area contributed by atoms with E-state index in [0.29, 0.717) is 0 Å². The molecule has 19 heavy (non-hydrogen) atoms. The summed E-state index contributed by atoms with van der Waals surface area (Å²) in [5.41, 5.74) is -0.195.